The minimum atomic E-state index is -0.152. The maximum atomic E-state index is 12.9. The molecule has 0 nitrogen and oxygen atoms in total. The van der Waals surface area contributed by atoms with Crippen LogP contribution in [0.2, 0.25) is 0 Å². The summed E-state index contributed by atoms with van der Waals surface area (Å²) in [5, 5.41) is 0. The summed E-state index contributed by atoms with van der Waals surface area (Å²) in [7, 11) is 0.891. The highest BCUT2D eigenvalue weighted by Gasteiger charge is 1.98. The van der Waals surface area contributed by atoms with Crippen molar-refractivity contribution in [2.24, 2.45) is 0 Å². The molecule has 0 aliphatic rings. The Balaban J connectivity index is 1.99. The topological polar surface area (TPSA) is 0 Å². The quantitative estimate of drug-likeness (QED) is 0.662. The van der Waals surface area contributed by atoms with Gasteiger partial charge in [-0.2, -0.15) is 0 Å². The van der Waals surface area contributed by atoms with Crippen LogP contribution in [0.3, 0.4) is 0 Å². The number of rotatable bonds is 3. The van der Waals surface area contributed by atoms with E-state index in [-0.39, 0.29) is 5.82 Å². The molecule has 0 saturated heterocycles. The van der Waals surface area contributed by atoms with Gasteiger partial charge >= 0.3 is 0 Å². The van der Waals surface area contributed by atoms with Gasteiger partial charge in [-0.1, -0.05) is 53.5 Å². The largest absolute Gasteiger partial charge is 0.207 e. The highest BCUT2D eigenvalue weighted by Crippen LogP contribution is 1.99. The number of halogens is 1. The third-order valence-corrected chi connectivity index (χ3v) is 2.43. The molecular formula is C13H12BF. The van der Waals surface area contributed by atoms with Crippen LogP contribution in [0.5, 0.6) is 0 Å². The summed E-state index contributed by atoms with van der Waals surface area (Å²) in [4.78, 5) is 0. The van der Waals surface area contributed by atoms with Gasteiger partial charge in [-0.15, -0.1) is 0 Å². The van der Waals surface area contributed by atoms with Crippen molar-refractivity contribution in [1.29, 1.82) is 0 Å². The maximum Gasteiger partial charge on any atom is 0.162 e. The van der Waals surface area contributed by atoms with E-state index in [1.165, 1.54) is 11.6 Å². The molecule has 0 heterocycles. The smallest absolute Gasteiger partial charge is 0.162 e. The van der Waals surface area contributed by atoms with Gasteiger partial charge in [-0.05, 0) is 18.5 Å². The lowest BCUT2D eigenvalue weighted by Gasteiger charge is -2.00. The first-order valence-electron chi connectivity index (χ1n) is 5.13. The third kappa shape index (κ3) is 2.95. The summed E-state index contributed by atoms with van der Waals surface area (Å²) in [6, 6.07) is 17.1. The lowest BCUT2D eigenvalue weighted by atomic mass is 9.65. The molecule has 0 spiro atoms. The Labute approximate surface area is 90.0 Å². The SMILES string of the molecule is Fc1cccc(BCc2ccccc2)c1. The van der Waals surface area contributed by atoms with E-state index in [9.17, 15) is 4.39 Å². The molecule has 0 aliphatic carbocycles. The molecule has 0 unspecified atom stereocenters. The van der Waals surface area contributed by atoms with Gasteiger partial charge in [-0.3, -0.25) is 0 Å². The Morgan fingerprint density at radius 3 is 2.47 bits per heavy atom. The summed E-state index contributed by atoms with van der Waals surface area (Å²) < 4.78 is 12.9. The van der Waals surface area contributed by atoms with Crippen LogP contribution in [-0.2, 0) is 6.32 Å². The summed E-state index contributed by atoms with van der Waals surface area (Å²) >= 11 is 0. The second kappa shape index (κ2) is 4.78. The molecule has 2 rings (SSSR count). The fraction of sp³-hybridized carbons (Fsp3) is 0.0769. The van der Waals surface area contributed by atoms with Crippen LogP contribution >= 0.6 is 0 Å². The van der Waals surface area contributed by atoms with E-state index in [1.807, 2.05) is 24.3 Å². The summed E-state index contributed by atoms with van der Waals surface area (Å²) in [5.41, 5.74) is 2.35. The second-order valence-corrected chi connectivity index (χ2v) is 3.62. The average Bonchev–Trinajstić information content (AvgIpc) is 2.28. The molecule has 2 aromatic carbocycles. The molecule has 0 fully saturated rings. The van der Waals surface area contributed by atoms with Gasteiger partial charge in [0.15, 0.2) is 7.28 Å². The van der Waals surface area contributed by atoms with Gasteiger partial charge in [0.1, 0.15) is 5.82 Å². The Hall–Kier alpha value is -1.57. The van der Waals surface area contributed by atoms with Crippen molar-refractivity contribution >= 4 is 12.7 Å². The fourth-order valence-corrected chi connectivity index (χ4v) is 1.63. The number of benzene rings is 2. The first kappa shape index (κ1) is 9.97. The standard InChI is InChI=1S/C13H12BF/c15-13-8-4-7-12(9-13)14-10-11-5-2-1-3-6-11/h1-9,14H,10H2. The number of hydrogen-bond donors (Lipinski definition) is 0. The average molecular weight is 198 g/mol. The summed E-state index contributed by atoms with van der Waals surface area (Å²) in [6.45, 7) is 0. The predicted octanol–water partition coefficient (Wildman–Crippen LogP) is 2.09. The van der Waals surface area contributed by atoms with E-state index in [0.29, 0.717) is 0 Å². The van der Waals surface area contributed by atoms with Crippen LogP contribution in [0.1, 0.15) is 5.56 Å². The van der Waals surface area contributed by atoms with Crippen LogP contribution < -0.4 is 5.46 Å². The van der Waals surface area contributed by atoms with E-state index in [1.54, 1.807) is 12.1 Å². The van der Waals surface area contributed by atoms with Crippen molar-refractivity contribution in [3.8, 4) is 0 Å². The van der Waals surface area contributed by atoms with Crippen LogP contribution in [0.25, 0.3) is 0 Å². The van der Waals surface area contributed by atoms with Gasteiger partial charge < -0.3 is 0 Å². The van der Waals surface area contributed by atoms with Crippen LogP contribution in [-0.4, -0.2) is 7.28 Å². The minimum Gasteiger partial charge on any atom is -0.207 e. The zero-order chi connectivity index (χ0) is 10.5. The zero-order valence-electron chi connectivity index (χ0n) is 8.49. The Kier molecular flexibility index (Phi) is 3.18. The molecule has 0 atom stereocenters. The van der Waals surface area contributed by atoms with E-state index in [2.05, 4.69) is 12.1 Å². The van der Waals surface area contributed by atoms with Crippen molar-refractivity contribution < 1.29 is 4.39 Å². The monoisotopic (exact) mass is 198 g/mol. The highest BCUT2D eigenvalue weighted by molar-refractivity contribution is 6.52. The van der Waals surface area contributed by atoms with Crippen LogP contribution in [0.4, 0.5) is 4.39 Å². The molecule has 2 aromatic rings. The second-order valence-electron chi connectivity index (χ2n) is 3.62. The highest BCUT2D eigenvalue weighted by atomic mass is 19.1. The molecule has 15 heavy (non-hydrogen) atoms. The van der Waals surface area contributed by atoms with Crippen molar-refractivity contribution in [2.45, 2.75) is 6.32 Å². The van der Waals surface area contributed by atoms with E-state index >= 15 is 0 Å². The molecule has 2 heteroatoms. The molecule has 0 aromatic heterocycles. The molecule has 0 saturated carbocycles. The minimum absolute atomic E-state index is 0.152. The first-order chi connectivity index (χ1) is 7.34. The van der Waals surface area contributed by atoms with E-state index in [0.717, 1.165) is 19.1 Å². The number of hydrogen-bond acceptors (Lipinski definition) is 0. The van der Waals surface area contributed by atoms with E-state index < -0.39 is 0 Å². The zero-order valence-corrected chi connectivity index (χ0v) is 8.49. The van der Waals surface area contributed by atoms with Crippen molar-refractivity contribution in [1.82, 2.24) is 0 Å². The normalized spacial score (nSPS) is 9.93. The molecule has 74 valence electrons. The molecule has 0 radical (unpaired) electrons. The van der Waals surface area contributed by atoms with Gasteiger partial charge in [0, 0.05) is 0 Å². The predicted molar refractivity (Wildman–Crippen MR) is 63.3 cm³/mol. The molecule has 0 aliphatic heterocycles. The third-order valence-electron chi connectivity index (χ3n) is 2.43. The summed E-state index contributed by atoms with van der Waals surface area (Å²) in [5.74, 6) is -0.152. The molecule has 0 N–H and O–H groups in total. The molecular weight excluding hydrogens is 186 g/mol. The Morgan fingerprint density at radius 1 is 0.933 bits per heavy atom. The van der Waals surface area contributed by atoms with Gasteiger partial charge in [0.25, 0.3) is 0 Å². The lowest BCUT2D eigenvalue weighted by molar-refractivity contribution is 0.629. The van der Waals surface area contributed by atoms with Crippen molar-refractivity contribution in [3.63, 3.8) is 0 Å². The van der Waals surface area contributed by atoms with E-state index in [4.69, 9.17) is 0 Å². The van der Waals surface area contributed by atoms with Gasteiger partial charge in [0.05, 0.1) is 0 Å². The lowest BCUT2D eigenvalue weighted by Crippen LogP contribution is -2.16. The molecule has 0 bridgehead atoms. The Morgan fingerprint density at radius 2 is 1.73 bits per heavy atom. The van der Waals surface area contributed by atoms with Crippen LogP contribution in [0.15, 0.2) is 54.6 Å². The maximum absolute atomic E-state index is 12.9. The Bertz CT molecular complexity index is 426. The van der Waals surface area contributed by atoms with Crippen LogP contribution in [0, 0.1) is 5.82 Å². The fourth-order valence-electron chi connectivity index (χ4n) is 1.63. The van der Waals surface area contributed by atoms with Crippen molar-refractivity contribution in [3.05, 3.63) is 66.0 Å². The molecule has 0 amide bonds. The van der Waals surface area contributed by atoms with Gasteiger partial charge in [0.2, 0.25) is 0 Å². The van der Waals surface area contributed by atoms with Crippen molar-refractivity contribution in [2.75, 3.05) is 0 Å². The summed E-state index contributed by atoms with van der Waals surface area (Å²) in [6.07, 6.45) is 0.963. The van der Waals surface area contributed by atoms with Gasteiger partial charge in [-0.25, -0.2) is 4.39 Å². The first-order valence-corrected chi connectivity index (χ1v) is 5.13.